The molecule has 0 heterocycles. The first-order chi connectivity index (χ1) is 21.0. The van der Waals surface area contributed by atoms with E-state index in [1.807, 2.05) is 36.4 Å². The molecule has 0 unspecified atom stereocenters. The van der Waals surface area contributed by atoms with Gasteiger partial charge >= 0.3 is 0 Å². The standard InChI is InChI=1S/C37H28N2O2S2/c38-29-13-7-17-33(36(29)40)42-31-15-5-3-11-25(31)26-20-19-24-23-10-2-1-9-22(23)21-28(24)35(26)27-12-4-6-16-32(27)43-34-18-8-14-30(39)37(34)41/h1-20,40-41H,21,38-39H2. The van der Waals surface area contributed by atoms with Gasteiger partial charge in [0, 0.05) is 9.79 Å². The molecule has 0 saturated carbocycles. The molecule has 0 saturated heterocycles. The Hall–Kier alpha value is -4.78. The molecule has 0 spiro atoms. The van der Waals surface area contributed by atoms with Crippen LogP contribution in [-0.4, -0.2) is 10.2 Å². The highest BCUT2D eigenvalue weighted by atomic mass is 32.2. The van der Waals surface area contributed by atoms with Crippen molar-refractivity contribution in [2.24, 2.45) is 0 Å². The minimum absolute atomic E-state index is 0.0932. The molecule has 6 aromatic rings. The number of nitrogens with two attached hydrogens (primary N) is 2. The number of anilines is 2. The van der Waals surface area contributed by atoms with Crippen molar-refractivity contribution in [2.75, 3.05) is 11.5 Å². The largest absolute Gasteiger partial charge is 0.505 e. The molecule has 0 bridgehead atoms. The Bertz CT molecular complexity index is 2020. The number of fused-ring (bicyclic) bond motifs is 3. The topological polar surface area (TPSA) is 92.5 Å². The Morgan fingerprint density at radius 1 is 0.442 bits per heavy atom. The molecule has 0 fully saturated rings. The summed E-state index contributed by atoms with van der Waals surface area (Å²) in [6, 6.07) is 40.6. The van der Waals surface area contributed by atoms with E-state index in [2.05, 4.69) is 72.8 Å². The van der Waals surface area contributed by atoms with Gasteiger partial charge in [0.2, 0.25) is 0 Å². The average Bonchev–Trinajstić information content (AvgIpc) is 3.41. The highest BCUT2D eigenvalue weighted by molar-refractivity contribution is 7.99. The van der Waals surface area contributed by atoms with Crippen LogP contribution in [0.2, 0.25) is 0 Å². The molecule has 0 aromatic heterocycles. The summed E-state index contributed by atoms with van der Waals surface area (Å²) in [5.74, 6) is 0.188. The lowest BCUT2D eigenvalue weighted by atomic mass is 9.88. The van der Waals surface area contributed by atoms with Gasteiger partial charge in [-0.1, -0.05) is 108 Å². The molecular weight excluding hydrogens is 569 g/mol. The molecule has 1 aliphatic carbocycles. The summed E-state index contributed by atoms with van der Waals surface area (Å²) in [6.07, 6.45) is 0.822. The molecule has 1 aliphatic rings. The lowest BCUT2D eigenvalue weighted by Crippen LogP contribution is -1.96. The van der Waals surface area contributed by atoms with E-state index in [-0.39, 0.29) is 11.5 Å². The second-order valence-electron chi connectivity index (χ2n) is 10.4. The predicted molar refractivity (Wildman–Crippen MR) is 179 cm³/mol. The molecule has 210 valence electrons. The lowest BCUT2D eigenvalue weighted by Gasteiger charge is -2.20. The van der Waals surface area contributed by atoms with E-state index in [0.717, 1.165) is 38.5 Å². The van der Waals surface area contributed by atoms with Crippen LogP contribution in [0, 0.1) is 0 Å². The van der Waals surface area contributed by atoms with Crippen molar-refractivity contribution >= 4 is 34.9 Å². The average molecular weight is 597 g/mol. The van der Waals surface area contributed by atoms with Gasteiger partial charge in [0.05, 0.1) is 21.2 Å². The second-order valence-corrected chi connectivity index (χ2v) is 12.6. The molecule has 7 rings (SSSR count). The molecule has 0 aliphatic heterocycles. The van der Waals surface area contributed by atoms with Crippen LogP contribution in [0.25, 0.3) is 33.4 Å². The van der Waals surface area contributed by atoms with Crippen LogP contribution in [0.15, 0.2) is 141 Å². The van der Waals surface area contributed by atoms with Crippen LogP contribution in [0.1, 0.15) is 11.1 Å². The van der Waals surface area contributed by atoms with Gasteiger partial charge in [-0.05, 0) is 87.3 Å². The number of benzene rings is 6. The van der Waals surface area contributed by atoms with Crippen molar-refractivity contribution in [2.45, 2.75) is 26.0 Å². The first kappa shape index (κ1) is 27.1. The molecular formula is C37H28N2O2S2. The highest BCUT2D eigenvalue weighted by Crippen LogP contribution is 2.51. The second kappa shape index (κ2) is 11.1. The van der Waals surface area contributed by atoms with Crippen molar-refractivity contribution in [1.29, 1.82) is 0 Å². The molecule has 6 aromatic carbocycles. The number of aromatic hydroxyl groups is 2. The summed E-state index contributed by atoms with van der Waals surface area (Å²) in [5, 5.41) is 21.5. The summed E-state index contributed by atoms with van der Waals surface area (Å²) in [5.41, 5.74) is 22.3. The number of phenols is 2. The summed E-state index contributed by atoms with van der Waals surface area (Å²) in [4.78, 5) is 3.44. The zero-order valence-electron chi connectivity index (χ0n) is 23.1. The molecule has 6 heteroatoms. The van der Waals surface area contributed by atoms with Crippen LogP contribution in [0.4, 0.5) is 11.4 Å². The number of phenolic OH excluding ortho intramolecular Hbond substituents is 2. The molecule has 0 amide bonds. The maximum atomic E-state index is 10.8. The van der Waals surface area contributed by atoms with Crippen LogP contribution in [-0.2, 0) is 6.42 Å². The van der Waals surface area contributed by atoms with Crippen LogP contribution in [0.5, 0.6) is 11.5 Å². The van der Waals surface area contributed by atoms with E-state index in [9.17, 15) is 10.2 Å². The Balaban J connectivity index is 1.44. The van der Waals surface area contributed by atoms with Gasteiger partial charge < -0.3 is 21.7 Å². The summed E-state index contributed by atoms with van der Waals surface area (Å²) < 4.78 is 0. The fraction of sp³-hybridized carbons (Fsp3) is 0.0270. The number of nitrogen functional groups attached to an aromatic ring is 2. The molecule has 4 nitrogen and oxygen atoms in total. The minimum atomic E-state index is 0.0932. The van der Waals surface area contributed by atoms with Crippen molar-refractivity contribution in [1.82, 2.24) is 0 Å². The van der Waals surface area contributed by atoms with Gasteiger partial charge in [-0.2, -0.15) is 0 Å². The van der Waals surface area contributed by atoms with Gasteiger partial charge in [-0.3, -0.25) is 0 Å². The van der Waals surface area contributed by atoms with E-state index >= 15 is 0 Å². The maximum Gasteiger partial charge on any atom is 0.152 e. The summed E-state index contributed by atoms with van der Waals surface area (Å²) in [6.45, 7) is 0. The third kappa shape index (κ3) is 4.88. The first-order valence-corrected chi connectivity index (χ1v) is 15.6. The zero-order chi connectivity index (χ0) is 29.5. The normalized spacial score (nSPS) is 11.7. The van der Waals surface area contributed by atoms with Crippen LogP contribution in [0.3, 0.4) is 0 Å². The number of hydrogen-bond donors (Lipinski definition) is 4. The summed E-state index contributed by atoms with van der Waals surface area (Å²) >= 11 is 3.01. The SMILES string of the molecule is Nc1cccc(Sc2ccccc2-c2ccc3c(c2-c2ccccc2Sc2cccc(N)c2O)Cc2ccccc2-3)c1O. The third-order valence-corrected chi connectivity index (χ3v) is 10.1. The van der Waals surface area contributed by atoms with Gasteiger partial charge in [0.15, 0.2) is 11.5 Å². The predicted octanol–water partition coefficient (Wildman–Crippen LogP) is 9.47. The third-order valence-electron chi connectivity index (χ3n) is 7.82. The Labute approximate surface area is 259 Å². The summed E-state index contributed by atoms with van der Waals surface area (Å²) in [7, 11) is 0. The molecule has 43 heavy (non-hydrogen) atoms. The van der Waals surface area contributed by atoms with E-state index in [4.69, 9.17) is 11.5 Å². The Morgan fingerprint density at radius 2 is 0.930 bits per heavy atom. The fourth-order valence-corrected chi connectivity index (χ4v) is 7.82. The molecule has 0 atom stereocenters. The Kier molecular flexibility index (Phi) is 7.01. The van der Waals surface area contributed by atoms with Crippen LogP contribution < -0.4 is 11.5 Å². The van der Waals surface area contributed by atoms with Gasteiger partial charge in [-0.15, -0.1) is 0 Å². The maximum absolute atomic E-state index is 10.8. The van der Waals surface area contributed by atoms with E-state index < -0.39 is 0 Å². The number of para-hydroxylation sites is 2. The van der Waals surface area contributed by atoms with Crippen molar-refractivity contribution in [3.8, 4) is 44.9 Å². The van der Waals surface area contributed by atoms with Gasteiger partial charge in [-0.25, -0.2) is 0 Å². The molecule has 6 N–H and O–H groups in total. The smallest absolute Gasteiger partial charge is 0.152 e. The van der Waals surface area contributed by atoms with Crippen LogP contribution >= 0.6 is 23.5 Å². The first-order valence-electron chi connectivity index (χ1n) is 13.9. The minimum Gasteiger partial charge on any atom is -0.505 e. The van der Waals surface area contributed by atoms with Gasteiger partial charge in [0.25, 0.3) is 0 Å². The van der Waals surface area contributed by atoms with E-state index in [1.54, 1.807) is 12.1 Å². The van der Waals surface area contributed by atoms with E-state index in [0.29, 0.717) is 21.2 Å². The molecule has 0 radical (unpaired) electrons. The van der Waals surface area contributed by atoms with Crippen molar-refractivity contribution < 1.29 is 10.2 Å². The van der Waals surface area contributed by atoms with Crippen molar-refractivity contribution in [3.63, 3.8) is 0 Å². The van der Waals surface area contributed by atoms with E-state index in [1.165, 1.54) is 45.8 Å². The number of hydrogen-bond acceptors (Lipinski definition) is 6. The highest BCUT2D eigenvalue weighted by Gasteiger charge is 2.26. The fourth-order valence-electron chi connectivity index (χ4n) is 5.76. The monoisotopic (exact) mass is 596 g/mol. The quantitative estimate of drug-likeness (QED) is 0.113. The lowest BCUT2D eigenvalue weighted by molar-refractivity contribution is 0.465. The van der Waals surface area contributed by atoms with Crippen molar-refractivity contribution in [3.05, 3.63) is 132 Å². The number of rotatable bonds is 6. The zero-order valence-corrected chi connectivity index (χ0v) is 24.8. The Morgan fingerprint density at radius 3 is 1.58 bits per heavy atom. The van der Waals surface area contributed by atoms with Gasteiger partial charge in [0.1, 0.15) is 0 Å².